The van der Waals surface area contributed by atoms with Gasteiger partial charge in [0.1, 0.15) is 16.9 Å². The first-order valence-electron chi connectivity index (χ1n) is 44.9. The van der Waals surface area contributed by atoms with E-state index >= 15 is 0 Å². The summed E-state index contributed by atoms with van der Waals surface area (Å²) in [5.41, 5.74) is 28.4. The highest BCUT2D eigenvalue weighted by atomic mass is 32.1. The van der Waals surface area contributed by atoms with E-state index in [1.165, 1.54) is 47.3 Å². The van der Waals surface area contributed by atoms with Crippen molar-refractivity contribution in [2.75, 3.05) is 0 Å². The van der Waals surface area contributed by atoms with E-state index in [1.807, 2.05) is 212 Å². The van der Waals surface area contributed by atoms with Gasteiger partial charge in [0.25, 0.3) is 0 Å². The molecule has 0 N–H and O–H groups in total. The second-order valence-electron chi connectivity index (χ2n) is 33.3. The summed E-state index contributed by atoms with van der Waals surface area (Å²) < 4.78 is 24.7. The van der Waals surface area contributed by atoms with Crippen LogP contribution in [0.25, 0.3) is 237 Å². The van der Waals surface area contributed by atoms with Crippen molar-refractivity contribution in [2.24, 2.45) is 0 Å². The number of para-hydroxylation sites is 8. The zero-order chi connectivity index (χ0) is 89.9. The molecule has 0 radical (unpaired) electrons. The third-order valence-corrected chi connectivity index (χ3v) is 26.1. The molecule has 0 spiro atoms. The zero-order valence-electron chi connectivity index (χ0n) is 72.7. The molecule has 14 aromatic carbocycles. The standard InChI is InChI=1S/C28H19N3.C25H16N4O.C23H14N2O.C23H14N2S.C19H12N4/c1-3-9-20(10-4-1)25-17-23(18-26(29-25)21-11-5-2-6-12-21)27-19-24-16-15-22-13-7-8-14-28(22)31(24)30-27;1-2-7-19(8-3-1)24-26-27-25(30-24)20-12-10-17(11-13-20)22-16-21-15-14-18-6-4-5-9-23(18)29(21)28-22;2*1-3-10-21-15(6-1)12-13-16-14-20(24-25(16)21)19-9-5-8-18-17-7-2-4-11-22(17)26-23(18)19;1-3-7-16-14(6-1)12-20-19(21-16)17-11-15-10-9-13-5-2-4-8-18(13)23(15)22-17/h1-19H;1-16H;2*1-14H;1-12H. The van der Waals surface area contributed by atoms with E-state index in [0.717, 1.165) is 172 Å². The molecule has 0 amide bonds. The maximum atomic E-state index is 6.17. The van der Waals surface area contributed by atoms with Crippen molar-refractivity contribution in [1.29, 1.82) is 0 Å². The number of hydrogen-bond donors (Lipinski definition) is 0. The van der Waals surface area contributed by atoms with E-state index in [9.17, 15) is 0 Å². The van der Waals surface area contributed by atoms with E-state index in [4.69, 9.17) is 39.3 Å². The smallest absolute Gasteiger partial charge is 0.248 e. The Hall–Kier alpha value is -18.5. The van der Waals surface area contributed by atoms with Crippen molar-refractivity contribution in [3.63, 3.8) is 0 Å². The first kappa shape index (κ1) is 79.6. The summed E-state index contributed by atoms with van der Waals surface area (Å²) in [5.74, 6) is 1.67. The predicted molar refractivity (Wildman–Crippen MR) is 551 cm³/mol. The SMILES string of the molecule is c1ccc(-c2cc(-c3cc4ccc5ccccc5n4n3)cc(-c3ccccc3)n2)cc1.c1ccc(-c2nnc(-c3ccc(-c4cc5ccc6ccccc6n5n4)cc3)o2)cc1.c1ccc2c(c1)ccc1cc(-c3cccc4c3oc3ccccc34)nn12.c1ccc2c(c1)ccc1cc(-c3cccc4c3sc3ccccc34)nn12.c1ccc2nc(-c3cc4ccc5ccccc5n4n3)ncc2c1. The minimum atomic E-state index is 0.501. The molecule has 136 heavy (non-hydrogen) atoms. The molecule has 0 saturated carbocycles. The number of nitrogens with zero attached hydrogens (tertiary/aromatic N) is 15. The molecule has 640 valence electrons. The third-order valence-electron chi connectivity index (χ3n) is 24.9. The van der Waals surface area contributed by atoms with Crippen molar-refractivity contribution in [3.8, 4) is 102 Å². The number of aromatic nitrogens is 15. The molecule has 0 aliphatic rings. The molecule has 15 heterocycles. The summed E-state index contributed by atoms with van der Waals surface area (Å²) in [6.45, 7) is 0. The second-order valence-corrected chi connectivity index (χ2v) is 34.4. The highest BCUT2D eigenvalue weighted by molar-refractivity contribution is 7.26. The molecular formula is C118H75N15O2S. The monoisotopic (exact) mass is 1770 g/mol. The Morgan fingerprint density at radius 1 is 0.228 bits per heavy atom. The van der Waals surface area contributed by atoms with Gasteiger partial charge in [0, 0.05) is 114 Å². The van der Waals surface area contributed by atoms with E-state index < -0.39 is 0 Å². The van der Waals surface area contributed by atoms with Gasteiger partial charge in [-0.25, -0.2) is 37.5 Å². The van der Waals surface area contributed by atoms with Crippen LogP contribution in [0, 0.1) is 0 Å². The third kappa shape index (κ3) is 14.9. The Bertz CT molecular complexity index is 9330. The molecule has 29 aromatic rings. The van der Waals surface area contributed by atoms with Crippen LogP contribution in [-0.2, 0) is 0 Å². The van der Waals surface area contributed by atoms with Gasteiger partial charge in [-0.2, -0.15) is 25.5 Å². The van der Waals surface area contributed by atoms with Crippen LogP contribution in [0.15, 0.2) is 464 Å². The summed E-state index contributed by atoms with van der Waals surface area (Å²) in [5, 5.41) is 44.5. The second kappa shape index (κ2) is 34.1. The van der Waals surface area contributed by atoms with Gasteiger partial charge in [-0.15, -0.1) is 21.5 Å². The lowest BCUT2D eigenvalue weighted by molar-refractivity contribution is 0.584. The van der Waals surface area contributed by atoms with Gasteiger partial charge in [-0.1, -0.05) is 297 Å². The van der Waals surface area contributed by atoms with Crippen molar-refractivity contribution in [1.82, 2.24) is 73.2 Å². The van der Waals surface area contributed by atoms with Gasteiger partial charge in [-0.05, 0) is 152 Å². The van der Waals surface area contributed by atoms with E-state index in [2.05, 4.69) is 298 Å². The maximum absolute atomic E-state index is 6.17. The van der Waals surface area contributed by atoms with E-state index in [-0.39, 0.29) is 0 Å². The lowest BCUT2D eigenvalue weighted by atomic mass is 10.0. The highest BCUT2D eigenvalue weighted by Crippen LogP contribution is 2.42. The molecule has 0 unspecified atom stereocenters. The number of hydrogen-bond acceptors (Lipinski definition) is 13. The van der Waals surface area contributed by atoms with Crippen LogP contribution in [0.2, 0.25) is 0 Å². The lowest BCUT2D eigenvalue weighted by Crippen LogP contribution is -1.92. The van der Waals surface area contributed by atoms with Crippen LogP contribution in [-0.4, -0.2) is 73.2 Å². The molecule has 0 saturated heterocycles. The minimum absolute atomic E-state index is 0.501. The summed E-state index contributed by atoms with van der Waals surface area (Å²) in [7, 11) is 0. The number of fused-ring (bicyclic) bond motifs is 22. The molecule has 0 bridgehead atoms. The average molecular weight is 1770 g/mol. The Morgan fingerprint density at radius 3 is 1.12 bits per heavy atom. The molecule has 18 heteroatoms. The zero-order valence-corrected chi connectivity index (χ0v) is 73.6. The summed E-state index contributed by atoms with van der Waals surface area (Å²) >= 11 is 1.85. The quantitative estimate of drug-likeness (QED) is 0.134. The number of pyridine rings is 6. The van der Waals surface area contributed by atoms with E-state index in [0.29, 0.717) is 17.6 Å². The fraction of sp³-hybridized carbons (Fsp3) is 0. The summed E-state index contributed by atoms with van der Waals surface area (Å²) in [4.78, 5) is 14.1. The normalized spacial score (nSPS) is 11.5. The van der Waals surface area contributed by atoms with Crippen LogP contribution in [0.3, 0.4) is 0 Å². The van der Waals surface area contributed by atoms with Gasteiger partial charge in [0.2, 0.25) is 11.8 Å². The topological polar surface area (TPSA) is 177 Å². The molecule has 0 aliphatic heterocycles. The summed E-state index contributed by atoms with van der Waals surface area (Å²) in [6, 6.07) is 153. The number of furan rings is 1. The molecule has 17 nitrogen and oxygen atoms in total. The van der Waals surface area contributed by atoms with Crippen LogP contribution >= 0.6 is 11.3 Å². The molecular weight excluding hydrogens is 1690 g/mol. The maximum Gasteiger partial charge on any atom is 0.248 e. The van der Waals surface area contributed by atoms with Gasteiger partial charge < -0.3 is 8.83 Å². The fourth-order valence-corrected chi connectivity index (χ4v) is 19.4. The molecule has 15 aromatic heterocycles. The molecule has 29 rings (SSSR count). The Morgan fingerprint density at radius 2 is 0.596 bits per heavy atom. The largest absolute Gasteiger partial charge is 0.455 e. The molecule has 0 fully saturated rings. The fourth-order valence-electron chi connectivity index (χ4n) is 18.2. The van der Waals surface area contributed by atoms with Gasteiger partial charge in [0.05, 0.1) is 94.8 Å². The first-order chi connectivity index (χ1) is 67.3. The molecule has 0 atom stereocenters. The lowest BCUT2D eigenvalue weighted by Gasteiger charge is -2.08. The van der Waals surface area contributed by atoms with Gasteiger partial charge >= 0.3 is 0 Å². The van der Waals surface area contributed by atoms with Crippen LogP contribution in [0.4, 0.5) is 0 Å². The van der Waals surface area contributed by atoms with Crippen molar-refractivity contribution < 1.29 is 8.83 Å². The van der Waals surface area contributed by atoms with E-state index in [1.54, 1.807) is 0 Å². The van der Waals surface area contributed by atoms with Gasteiger partial charge in [0.15, 0.2) is 5.82 Å². The van der Waals surface area contributed by atoms with Gasteiger partial charge in [-0.3, -0.25) is 0 Å². The Labute approximate surface area is 780 Å². The number of rotatable bonds is 9. The molecule has 0 aliphatic carbocycles. The van der Waals surface area contributed by atoms with Crippen molar-refractivity contribution in [3.05, 3.63) is 455 Å². The average Bonchev–Trinajstić information content (AvgIpc) is 1.59. The Balaban J connectivity index is 0.0000000908. The Kier molecular flexibility index (Phi) is 20.0. The van der Waals surface area contributed by atoms with Crippen molar-refractivity contribution >= 4 is 146 Å². The van der Waals surface area contributed by atoms with Crippen LogP contribution < -0.4 is 0 Å². The predicted octanol–water partition coefficient (Wildman–Crippen LogP) is 29.4. The minimum Gasteiger partial charge on any atom is -0.455 e. The highest BCUT2D eigenvalue weighted by Gasteiger charge is 2.21. The van der Waals surface area contributed by atoms with Crippen LogP contribution in [0.5, 0.6) is 0 Å². The van der Waals surface area contributed by atoms with Crippen LogP contribution in [0.1, 0.15) is 0 Å². The number of benzene rings is 14. The van der Waals surface area contributed by atoms with Crippen molar-refractivity contribution in [2.45, 2.75) is 0 Å². The first-order valence-corrected chi connectivity index (χ1v) is 45.7. The number of thiophene rings is 1. The summed E-state index contributed by atoms with van der Waals surface area (Å²) in [6.07, 6.45) is 1.85.